The third kappa shape index (κ3) is 7.71. The minimum atomic E-state index is -0.270. The molecule has 1 aromatic carbocycles. The number of esters is 1. The van der Waals surface area contributed by atoms with E-state index < -0.39 is 0 Å². The summed E-state index contributed by atoms with van der Waals surface area (Å²) in [5.74, 6) is 0.514. The Morgan fingerprint density at radius 1 is 0.952 bits per heavy atom. The van der Waals surface area contributed by atoms with Crippen molar-refractivity contribution in [2.45, 2.75) is 39.0 Å². The Balaban J connectivity index is 2.19. The Kier molecular flexibility index (Phi) is 9.29. The number of hydrogen-bond donors (Lipinski definition) is 0. The van der Waals surface area contributed by atoms with Crippen LogP contribution in [0.5, 0.6) is 5.75 Å². The second-order valence-corrected chi connectivity index (χ2v) is 4.92. The van der Waals surface area contributed by atoms with E-state index in [4.69, 9.17) is 14.2 Å². The maximum absolute atomic E-state index is 11.8. The van der Waals surface area contributed by atoms with Crippen LogP contribution in [-0.4, -0.2) is 32.9 Å². The molecule has 0 radical (unpaired) electrons. The van der Waals surface area contributed by atoms with Gasteiger partial charge in [0.1, 0.15) is 5.75 Å². The predicted molar refractivity (Wildman–Crippen MR) is 82.9 cm³/mol. The van der Waals surface area contributed by atoms with Crippen molar-refractivity contribution >= 4 is 5.97 Å². The quantitative estimate of drug-likeness (QED) is 0.459. The summed E-state index contributed by atoms with van der Waals surface area (Å²) in [5, 5.41) is 0. The van der Waals surface area contributed by atoms with Crippen LogP contribution in [0.1, 0.15) is 49.4 Å². The molecule has 0 heterocycles. The Bertz CT molecular complexity index is 386. The van der Waals surface area contributed by atoms with Crippen LogP contribution in [0.25, 0.3) is 0 Å². The average Bonchev–Trinajstić information content (AvgIpc) is 2.52. The highest BCUT2D eigenvalue weighted by molar-refractivity contribution is 5.89. The molecule has 0 fully saturated rings. The van der Waals surface area contributed by atoms with E-state index in [0.717, 1.165) is 44.5 Å². The molecule has 0 saturated carbocycles. The van der Waals surface area contributed by atoms with E-state index >= 15 is 0 Å². The Hall–Kier alpha value is -1.55. The lowest BCUT2D eigenvalue weighted by Gasteiger charge is -2.07. The van der Waals surface area contributed by atoms with Crippen LogP contribution < -0.4 is 4.74 Å². The van der Waals surface area contributed by atoms with Crippen LogP contribution >= 0.6 is 0 Å². The summed E-state index contributed by atoms with van der Waals surface area (Å²) in [6.45, 7) is 4.01. The van der Waals surface area contributed by atoms with Crippen LogP contribution in [0.15, 0.2) is 24.3 Å². The van der Waals surface area contributed by atoms with Crippen molar-refractivity contribution in [2.75, 3.05) is 26.9 Å². The first kappa shape index (κ1) is 17.5. The number of carbonyl (C=O) groups is 1. The maximum Gasteiger partial charge on any atom is 0.338 e. The van der Waals surface area contributed by atoms with Gasteiger partial charge in [0.05, 0.1) is 18.8 Å². The van der Waals surface area contributed by atoms with Crippen molar-refractivity contribution in [3.63, 3.8) is 0 Å². The number of rotatable bonds is 11. The van der Waals surface area contributed by atoms with Crippen molar-refractivity contribution in [3.8, 4) is 5.75 Å². The zero-order valence-electron chi connectivity index (χ0n) is 13.1. The monoisotopic (exact) mass is 294 g/mol. The van der Waals surface area contributed by atoms with E-state index in [9.17, 15) is 4.79 Å². The number of hydrogen-bond acceptors (Lipinski definition) is 4. The molecule has 0 bridgehead atoms. The largest absolute Gasteiger partial charge is 0.494 e. The topological polar surface area (TPSA) is 44.8 Å². The zero-order valence-corrected chi connectivity index (χ0v) is 13.1. The molecule has 1 aromatic rings. The number of methoxy groups -OCH3 is 1. The van der Waals surface area contributed by atoms with Gasteiger partial charge in [-0.2, -0.15) is 0 Å². The van der Waals surface area contributed by atoms with E-state index in [-0.39, 0.29) is 5.97 Å². The molecule has 0 aromatic heterocycles. The summed E-state index contributed by atoms with van der Waals surface area (Å²) in [6.07, 6.45) is 5.08. The highest BCUT2D eigenvalue weighted by Crippen LogP contribution is 2.13. The summed E-state index contributed by atoms with van der Waals surface area (Å²) in [5.41, 5.74) is 0.568. The van der Waals surface area contributed by atoms with Crippen LogP contribution in [0.4, 0.5) is 0 Å². The third-order valence-electron chi connectivity index (χ3n) is 3.04. The molecular formula is C17H26O4. The number of benzene rings is 1. The summed E-state index contributed by atoms with van der Waals surface area (Å²) in [6, 6.07) is 7.09. The molecule has 0 saturated heterocycles. The van der Waals surface area contributed by atoms with Crippen molar-refractivity contribution in [3.05, 3.63) is 29.8 Å². The highest BCUT2D eigenvalue weighted by atomic mass is 16.5. The Morgan fingerprint density at radius 2 is 1.62 bits per heavy atom. The van der Waals surface area contributed by atoms with Gasteiger partial charge in [0.25, 0.3) is 0 Å². The predicted octanol–water partition coefficient (Wildman–Crippen LogP) is 3.84. The van der Waals surface area contributed by atoms with Crippen LogP contribution in [0.2, 0.25) is 0 Å². The van der Waals surface area contributed by atoms with E-state index in [1.54, 1.807) is 31.4 Å². The van der Waals surface area contributed by atoms with Gasteiger partial charge in [-0.15, -0.1) is 0 Å². The lowest BCUT2D eigenvalue weighted by Crippen LogP contribution is -2.06. The number of carbonyl (C=O) groups excluding carboxylic acids is 1. The van der Waals surface area contributed by atoms with Crippen molar-refractivity contribution < 1.29 is 19.0 Å². The lowest BCUT2D eigenvalue weighted by atomic mass is 10.2. The second kappa shape index (κ2) is 11.1. The van der Waals surface area contributed by atoms with E-state index in [1.165, 1.54) is 0 Å². The van der Waals surface area contributed by atoms with Gasteiger partial charge in [-0.25, -0.2) is 4.79 Å². The zero-order chi connectivity index (χ0) is 15.3. The van der Waals surface area contributed by atoms with Gasteiger partial charge in [0, 0.05) is 13.7 Å². The fourth-order valence-corrected chi connectivity index (χ4v) is 1.86. The van der Waals surface area contributed by atoms with Gasteiger partial charge in [-0.1, -0.05) is 13.3 Å². The van der Waals surface area contributed by atoms with Gasteiger partial charge in [0.15, 0.2) is 0 Å². The Morgan fingerprint density at radius 3 is 2.24 bits per heavy atom. The smallest absolute Gasteiger partial charge is 0.338 e. The summed E-state index contributed by atoms with van der Waals surface area (Å²) >= 11 is 0. The first-order chi connectivity index (χ1) is 10.3. The standard InChI is InChI=1S/C17H26O4/c1-3-12-20-16-10-8-15(9-11-16)17(18)21-14-7-5-4-6-13-19-2/h8-11H,3-7,12-14H2,1-2H3. The van der Waals surface area contributed by atoms with Gasteiger partial charge < -0.3 is 14.2 Å². The van der Waals surface area contributed by atoms with E-state index in [1.807, 2.05) is 0 Å². The lowest BCUT2D eigenvalue weighted by molar-refractivity contribution is 0.0497. The molecule has 1 rings (SSSR count). The maximum atomic E-state index is 11.8. The Labute approximate surface area is 127 Å². The molecule has 21 heavy (non-hydrogen) atoms. The summed E-state index contributed by atoms with van der Waals surface area (Å²) in [7, 11) is 1.71. The van der Waals surface area contributed by atoms with Crippen molar-refractivity contribution in [1.29, 1.82) is 0 Å². The fourth-order valence-electron chi connectivity index (χ4n) is 1.86. The molecule has 0 unspecified atom stereocenters. The van der Waals surface area contributed by atoms with Gasteiger partial charge >= 0.3 is 5.97 Å². The normalized spacial score (nSPS) is 10.4. The molecule has 0 aliphatic heterocycles. The van der Waals surface area contributed by atoms with E-state index in [0.29, 0.717) is 18.8 Å². The molecule has 0 aliphatic carbocycles. The fraction of sp³-hybridized carbons (Fsp3) is 0.588. The average molecular weight is 294 g/mol. The minimum absolute atomic E-state index is 0.270. The van der Waals surface area contributed by atoms with Crippen LogP contribution in [-0.2, 0) is 9.47 Å². The van der Waals surface area contributed by atoms with Gasteiger partial charge in [0.2, 0.25) is 0 Å². The molecule has 0 amide bonds. The van der Waals surface area contributed by atoms with Gasteiger partial charge in [-0.3, -0.25) is 0 Å². The van der Waals surface area contributed by atoms with Crippen LogP contribution in [0, 0.1) is 0 Å². The first-order valence-electron chi connectivity index (χ1n) is 7.67. The second-order valence-electron chi connectivity index (χ2n) is 4.92. The molecule has 118 valence electrons. The van der Waals surface area contributed by atoms with Crippen molar-refractivity contribution in [1.82, 2.24) is 0 Å². The molecule has 0 aliphatic rings. The van der Waals surface area contributed by atoms with Crippen molar-refractivity contribution in [2.24, 2.45) is 0 Å². The molecular weight excluding hydrogens is 268 g/mol. The molecule has 4 heteroatoms. The van der Waals surface area contributed by atoms with E-state index in [2.05, 4.69) is 6.92 Å². The SMILES string of the molecule is CCCOc1ccc(C(=O)OCCCCCCOC)cc1. The third-order valence-corrected chi connectivity index (χ3v) is 3.04. The molecule has 0 N–H and O–H groups in total. The number of ether oxygens (including phenoxy) is 3. The minimum Gasteiger partial charge on any atom is -0.494 e. The molecule has 0 atom stereocenters. The van der Waals surface area contributed by atoms with Gasteiger partial charge in [-0.05, 0) is 49.9 Å². The van der Waals surface area contributed by atoms with Crippen LogP contribution in [0.3, 0.4) is 0 Å². The molecule has 0 spiro atoms. The summed E-state index contributed by atoms with van der Waals surface area (Å²) in [4.78, 5) is 11.8. The number of unbranched alkanes of at least 4 members (excludes halogenated alkanes) is 3. The summed E-state index contributed by atoms with van der Waals surface area (Å²) < 4.78 is 15.7. The first-order valence-corrected chi connectivity index (χ1v) is 7.67. The molecule has 4 nitrogen and oxygen atoms in total. The highest BCUT2D eigenvalue weighted by Gasteiger charge is 2.06.